The maximum absolute atomic E-state index is 12.7. The molecular formula is C19H19NO4. The second-order valence-corrected chi connectivity index (χ2v) is 5.78. The first-order chi connectivity index (χ1) is 11.7. The molecule has 0 aromatic heterocycles. The van der Waals surface area contributed by atoms with Gasteiger partial charge in [0.05, 0.1) is 18.2 Å². The van der Waals surface area contributed by atoms with E-state index in [1.54, 1.807) is 48.5 Å². The second kappa shape index (κ2) is 7.27. The van der Waals surface area contributed by atoms with Crippen LogP contribution in [0.5, 0.6) is 0 Å². The van der Waals surface area contributed by atoms with Crippen LogP contribution in [0.25, 0.3) is 11.1 Å². The summed E-state index contributed by atoms with van der Waals surface area (Å²) in [6, 6.07) is 13.8. The van der Waals surface area contributed by atoms with Crippen LogP contribution in [0.3, 0.4) is 0 Å². The Kier molecular flexibility index (Phi) is 4.91. The number of carbonyl (C=O) groups is 2. The molecular weight excluding hydrogens is 306 g/mol. The molecule has 0 aliphatic carbocycles. The maximum Gasteiger partial charge on any atom is 0.336 e. The van der Waals surface area contributed by atoms with Crippen molar-refractivity contribution in [2.75, 3.05) is 13.2 Å². The van der Waals surface area contributed by atoms with E-state index in [1.165, 1.54) is 0 Å². The SMILES string of the molecule is O=C(O)c1ccccc1-c1ccccc1C(=O)NC1CCCOC1. The van der Waals surface area contributed by atoms with Gasteiger partial charge in [0.1, 0.15) is 0 Å². The summed E-state index contributed by atoms with van der Waals surface area (Å²) in [6.45, 7) is 1.24. The molecule has 2 N–H and O–H groups in total. The van der Waals surface area contributed by atoms with E-state index in [4.69, 9.17) is 4.74 Å². The first-order valence-electron chi connectivity index (χ1n) is 7.97. The molecule has 2 aromatic rings. The number of hydrogen-bond acceptors (Lipinski definition) is 3. The molecule has 1 atom stereocenters. The zero-order chi connectivity index (χ0) is 16.9. The lowest BCUT2D eigenvalue weighted by atomic mass is 9.94. The summed E-state index contributed by atoms with van der Waals surface area (Å²) in [6.07, 6.45) is 1.81. The second-order valence-electron chi connectivity index (χ2n) is 5.78. The smallest absolute Gasteiger partial charge is 0.336 e. The third-order valence-electron chi connectivity index (χ3n) is 4.11. The van der Waals surface area contributed by atoms with Gasteiger partial charge >= 0.3 is 5.97 Å². The number of amides is 1. The summed E-state index contributed by atoms with van der Waals surface area (Å²) in [4.78, 5) is 24.2. The molecule has 0 saturated carbocycles. The minimum absolute atomic E-state index is 0.00553. The van der Waals surface area contributed by atoms with Gasteiger partial charge in [0.25, 0.3) is 5.91 Å². The molecule has 24 heavy (non-hydrogen) atoms. The van der Waals surface area contributed by atoms with Crippen LogP contribution in [0, 0.1) is 0 Å². The van der Waals surface area contributed by atoms with Crippen molar-refractivity contribution >= 4 is 11.9 Å². The van der Waals surface area contributed by atoms with Gasteiger partial charge in [-0.1, -0.05) is 36.4 Å². The van der Waals surface area contributed by atoms with Crippen molar-refractivity contribution in [2.45, 2.75) is 18.9 Å². The molecule has 0 radical (unpaired) electrons. The molecule has 1 aliphatic rings. The fraction of sp³-hybridized carbons (Fsp3) is 0.263. The molecule has 5 nitrogen and oxygen atoms in total. The molecule has 124 valence electrons. The number of nitrogens with one attached hydrogen (secondary N) is 1. The Hall–Kier alpha value is -2.66. The molecule has 1 unspecified atom stereocenters. The van der Waals surface area contributed by atoms with Gasteiger partial charge < -0.3 is 15.2 Å². The van der Waals surface area contributed by atoms with Crippen LogP contribution in [-0.4, -0.2) is 36.2 Å². The Balaban J connectivity index is 1.93. The first-order valence-corrected chi connectivity index (χ1v) is 7.97. The van der Waals surface area contributed by atoms with Crippen LogP contribution >= 0.6 is 0 Å². The van der Waals surface area contributed by atoms with Crippen molar-refractivity contribution in [1.29, 1.82) is 0 Å². The van der Waals surface area contributed by atoms with Crippen LogP contribution in [0.1, 0.15) is 33.6 Å². The van der Waals surface area contributed by atoms with Crippen molar-refractivity contribution < 1.29 is 19.4 Å². The summed E-state index contributed by atoms with van der Waals surface area (Å²) < 4.78 is 5.39. The molecule has 3 rings (SSSR count). The van der Waals surface area contributed by atoms with E-state index < -0.39 is 5.97 Å². The summed E-state index contributed by atoms with van der Waals surface area (Å²) in [7, 11) is 0. The monoisotopic (exact) mass is 325 g/mol. The zero-order valence-electron chi connectivity index (χ0n) is 13.2. The van der Waals surface area contributed by atoms with Gasteiger partial charge in [0, 0.05) is 12.2 Å². The van der Waals surface area contributed by atoms with Crippen molar-refractivity contribution in [1.82, 2.24) is 5.32 Å². The Morgan fingerprint density at radius 3 is 2.25 bits per heavy atom. The van der Waals surface area contributed by atoms with Gasteiger partial charge in [0.15, 0.2) is 0 Å². The normalized spacial score (nSPS) is 17.2. The van der Waals surface area contributed by atoms with Gasteiger partial charge in [-0.15, -0.1) is 0 Å². The van der Waals surface area contributed by atoms with E-state index in [-0.39, 0.29) is 17.5 Å². The van der Waals surface area contributed by atoms with Crippen LogP contribution in [0.15, 0.2) is 48.5 Å². The van der Waals surface area contributed by atoms with Gasteiger partial charge in [-0.2, -0.15) is 0 Å². The van der Waals surface area contributed by atoms with Crippen LogP contribution in [0.4, 0.5) is 0 Å². The number of carboxylic acid groups (broad SMARTS) is 1. The van der Waals surface area contributed by atoms with E-state index >= 15 is 0 Å². The fourth-order valence-corrected chi connectivity index (χ4v) is 2.94. The number of aromatic carboxylic acids is 1. The maximum atomic E-state index is 12.7. The lowest BCUT2D eigenvalue weighted by Gasteiger charge is -2.23. The van der Waals surface area contributed by atoms with Gasteiger partial charge in [-0.05, 0) is 36.1 Å². The molecule has 2 aromatic carbocycles. The number of ether oxygens (including phenoxy) is 1. The molecule has 1 aliphatic heterocycles. The fourth-order valence-electron chi connectivity index (χ4n) is 2.94. The van der Waals surface area contributed by atoms with Gasteiger partial charge in [-0.25, -0.2) is 4.79 Å². The average molecular weight is 325 g/mol. The number of rotatable bonds is 4. The van der Waals surface area contributed by atoms with E-state index in [0.29, 0.717) is 23.3 Å². The molecule has 0 bridgehead atoms. The van der Waals surface area contributed by atoms with Crippen molar-refractivity contribution in [3.63, 3.8) is 0 Å². The number of benzene rings is 2. The zero-order valence-corrected chi connectivity index (χ0v) is 13.2. The van der Waals surface area contributed by atoms with E-state index in [1.807, 2.05) is 0 Å². The third-order valence-corrected chi connectivity index (χ3v) is 4.11. The number of hydrogen-bond donors (Lipinski definition) is 2. The van der Waals surface area contributed by atoms with Crippen LogP contribution in [0.2, 0.25) is 0 Å². The molecule has 0 spiro atoms. The molecule has 1 amide bonds. The Bertz CT molecular complexity index is 751. The lowest BCUT2D eigenvalue weighted by molar-refractivity contribution is 0.0624. The minimum atomic E-state index is -1.01. The highest BCUT2D eigenvalue weighted by atomic mass is 16.5. The summed E-state index contributed by atoms with van der Waals surface area (Å²) >= 11 is 0. The predicted octanol–water partition coefficient (Wildman–Crippen LogP) is 2.96. The quantitative estimate of drug-likeness (QED) is 0.906. The highest BCUT2D eigenvalue weighted by Crippen LogP contribution is 2.27. The number of carbonyl (C=O) groups excluding carboxylic acids is 1. The Labute approximate surface area is 140 Å². The standard InChI is InChI=1S/C19H19NO4/c21-18(20-13-6-5-11-24-12-13)16-9-3-1-7-14(16)15-8-2-4-10-17(15)19(22)23/h1-4,7-10,13H,5-6,11-12H2,(H,20,21)(H,22,23). The lowest BCUT2D eigenvalue weighted by Crippen LogP contribution is -2.40. The van der Waals surface area contributed by atoms with Gasteiger partial charge in [-0.3, -0.25) is 4.79 Å². The summed E-state index contributed by atoms with van der Waals surface area (Å²) in [5.41, 5.74) is 1.80. The molecule has 1 fully saturated rings. The highest BCUT2D eigenvalue weighted by molar-refractivity contribution is 6.04. The minimum Gasteiger partial charge on any atom is -0.478 e. The summed E-state index contributed by atoms with van der Waals surface area (Å²) in [5.74, 6) is -1.22. The third kappa shape index (κ3) is 3.46. The average Bonchev–Trinajstić information content (AvgIpc) is 2.62. The summed E-state index contributed by atoms with van der Waals surface area (Å²) in [5, 5.41) is 12.4. The Morgan fingerprint density at radius 2 is 1.62 bits per heavy atom. The van der Waals surface area contributed by atoms with E-state index in [9.17, 15) is 14.7 Å². The van der Waals surface area contributed by atoms with E-state index in [0.717, 1.165) is 19.4 Å². The molecule has 1 saturated heterocycles. The first kappa shape index (κ1) is 16.2. The highest BCUT2D eigenvalue weighted by Gasteiger charge is 2.21. The van der Waals surface area contributed by atoms with Crippen molar-refractivity contribution in [3.8, 4) is 11.1 Å². The van der Waals surface area contributed by atoms with Crippen LogP contribution in [-0.2, 0) is 4.74 Å². The van der Waals surface area contributed by atoms with Gasteiger partial charge in [0.2, 0.25) is 0 Å². The largest absolute Gasteiger partial charge is 0.478 e. The number of carboxylic acids is 1. The molecule has 1 heterocycles. The van der Waals surface area contributed by atoms with Crippen molar-refractivity contribution in [3.05, 3.63) is 59.7 Å². The van der Waals surface area contributed by atoms with Crippen molar-refractivity contribution in [2.24, 2.45) is 0 Å². The topological polar surface area (TPSA) is 75.6 Å². The van der Waals surface area contributed by atoms with Crippen LogP contribution < -0.4 is 5.32 Å². The Morgan fingerprint density at radius 1 is 1.00 bits per heavy atom. The predicted molar refractivity (Wildman–Crippen MR) is 90.1 cm³/mol. The van der Waals surface area contributed by atoms with E-state index in [2.05, 4.69) is 5.32 Å². The molecule has 5 heteroatoms.